The number of hydrogen-bond donors (Lipinski definition) is 1. The molecule has 2 aromatic rings. The van der Waals surface area contributed by atoms with Crippen LogP contribution in [0, 0.1) is 13.8 Å². The van der Waals surface area contributed by atoms with E-state index in [9.17, 15) is 4.79 Å². The number of aryl methyl sites for hydroxylation is 2. The van der Waals surface area contributed by atoms with Gasteiger partial charge in [-0.1, -0.05) is 24.3 Å². The first kappa shape index (κ1) is 14.1. The maximum atomic E-state index is 12.7. The molecule has 0 fully saturated rings. The molecular weight excluding hydrogens is 248 g/mol. The van der Waals surface area contributed by atoms with Gasteiger partial charge in [-0.3, -0.25) is 4.79 Å². The maximum absolute atomic E-state index is 12.7. The molecule has 0 heterocycles. The predicted molar refractivity (Wildman–Crippen MR) is 84.1 cm³/mol. The van der Waals surface area contributed by atoms with Gasteiger partial charge in [0.05, 0.1) is 5.56 Å². The lowest BCUT2D eigenvalue weighted by atomic mass is 10.1. The molecule has 104 valence electrons. The standard InChI is InChI=1S/C17H20N2O/c1-4-19(14-9-5-7-12(2)11-14)17(20)15-10-6-8-13(3)16(15)18/h5-11H,4,18H2,1-3H3. The lowest BCUT2D eigenvalue weighted by Gasteiger charge is -2.22. The minimum atomic E-state index is -0.0562. The summed E-state index contributed by atoms with van der Waals surface area (Å²) in [6, 6.07) is 13.5. The number of para-hydroxylation sites is 1. The van der Waals surface area contributed by atoms with E-state index >= 15 is 0 Å². The van der Waals surface area contributed by atoms with Crippen LogP contribution < -0.4 is 10.6 Å². The predicted octanol–water partition coefficient (Wildman–Crippen LogP) is 3.55. The summed E-state index contributed by atoms with van der Waals surface area (Å²) in [6.45, 7) is 6.50. The normalized spacial score (nSPS) is 10.3. The molecule has 0 atom stereocenters. The van der Waals surface area contributed by atoms with Gasteiger partial charge in [0.25, 0.3) is 5.91 Å². The monoisotopic (exact) mass is 268 g/mol. The van der Waals surface area contributed by atoms with E-state index in [0.29, 0.717) is 17.8 Å². The zero-order chi connectivity index (χ0) is 14.7. The van der Waals surface area contributed by atoms with Crippen molar-refractivity contribution in [3.8, 4) is 0 Å². The minimum Gasteiger partial charge on any atom is -0.398 e. The lowest BCUT2D eigenvalue weighted by Crippen LogP contribution is -2.31. The Morgan fingerprint density at radius 3 is 2.50 bits per heavy atom. The number of benzene rings is 2. The highest BCUT2D eigenvalue weighted by Crippen LogP contribution is 2.23. The van der Waals surface area contributed by atoms with Crippen molar-refractivity contribution in [2.45, 2.75) is 20.8 Å². The summed E-state index contributed by atoms with van der Waals surface area (Å²) >= 11 is 0. The van der Waals surface area contributed by atoms with Crippen LogP contribution in [0.25, 0.3) is 0 Å². The third-order valence-corrected chi connectivity index (χ3v) is 3.43. The number of nitrogens with two attached hydrogens (primary N) is 1. The van der Waals surface area contributed by atoms with Gasteiger partial charge in [0.2, 0.25) is 0 Å². The third-order valence-electron chi connectivity index (χ3n) is 3.43. The number of amides is 1. The van der Waals surface area contributed by atoms with E-state index in [-0.39, 0.29) is 5.91 Å². The van der Waals surface area contributed by atoms with Crippen LogP contribution in [0.2, 0.25) is 0 Å². The van der Waals surface area contributed by atoms with E-state index < -0.39 is 0 Å². The van der Waals surface area contributed by atoms with E-state index in [4.69, 9.17) is 5.73 Å². The van der Waals surface area contributed by atoms with Crippen LogP contribution in [-0.2, 0) is 0 Å². The highest BCUT2D eigenvalue weighted by molar-refractivity contribution is 6.09. The molecule has 0 aliphatic carbocycles. The Hall–Kier alpha value is -2.29. The number of nitrogens with zero attached hydrogens (tertiary/aromatic N) is 1. The fraction of sp³-hybridized carbons (Fsp3) is 0.235. The molecule has 0 aliphatic rings. The van der Waals surface area contributed by atoms with Crippen molar-refractivity contribution in [3.63, 3.8) is 0 Å². The number of carbonyl (C=O) groups is 1. The summed E-state index contributed by atoms with van der Waals surface area (Å²) in [4.78, 5) is 14.5. The second kappa shape index (κ2) is 5.78. The van der Waals surface area contributed by atoms with Crippen LogP contribution in [0.15, 0.2) is 42.5 Å². The van der Waals surface area contributed by atoms with Gasteiger partial charge < -0.3 is 10.6 Å². The number of carbonyl (C=O) groups excluding carboxylic acids is 1. The van der Waals surface area contributed by atoms with Gasteiger partial charge in [-0.25, -0.2) is 0 Å². The van der Waals surface area contributed by atoms with Crippen molar-refractivity contribution in [2.75, 3.05) is 17.2 Å². The first-order valence-electron chi connectivity index (χ1n) is 6.78. The summed E-state index contributed by atoms with van der Waals surface area (Å²) in [6.07, 6.45) is 0. The van der Waals surface area contributed by atoms with Crippen molar-refractivity contribution in [1.29, 1.82) is 0 Å². The van der Waals surface area contributed by atoms with E-state index in [1.54, 1.807) is 11.0 Å². The number of nitrogen functional groups attached to an aromatic ring is 1. The van der Waals surface area contributed by atoms with E-state index in [2.05, 4.69) is 0 Å². The summed E-state index contributed by atoms with van der Waals surface area (Å²) in [7, 11) is 0. The van der Waals surface area contributed by atoms with Gasteiger partial charge in [-0.2, -0.15) is 0 Å². The summed E-state index contributed by atoms with van der Waals surface area (Å²) in [5.74, 6) is -0.0562. The second-order valence-electron chi connectivity index (χ2n) is 4.92. The fourth-order valence-corrected chi connectivity index (χ4v) is 2.25. The molecule has 20 heavy (non-hydrogen) atoms. The molecule has 0 aliphatic heterocycles. The Labute approximate surface area is 120 Å². The molecule has 0 saturated heterocycles. The van der Waals surface area contributed by atoms with Gasteiger partial charge in [0, 0.05) is 17.9 Å². The van der Waals surface area contributed by atoms with E-state index in [0.717, 1.165) is 16.8 Å². The quantitative estimate of drug-likeness (QED) is 0.865. The van der Waals surface area contributed by atoms with Crippen LogP contribution >= 0.6 is 0 Å². The summed E-state index contributed by atoms with van der Waals surface area (Å²) in [5, 5.41) is 0. The Bertz CT molecular complexity index is 635. The Kier molecular flexibility index (Phi) is 4.08. The average molecular weight is 268 g/mol. The van der Waals surface area contributed by atoms with Crippen molar-refractivity contribution in [3.05, 3.63) is 59.2 Å². The third kappa shape index (κ3) is 2.67. The number of anilines is 2. The van der Waals surface area contributed by atoms with E-state index in [1.165, 1.54) is 0 Å². The molecule has 0 bridgehead atoms. The van der Waals surface area contributed by atoms with Crippen molar-refractivity contribution < 1.29 is 4.79 Å². The van der Waals surface area contributed by atoms with Gasteiger partial charge in [0.15, 0.2) is 0 Å². The Morgan fingerprint density at radius 2 is 1.85 bits per heavy atom. The van der Waals surface area contributed by atoms with Crippen LogP contribution in [0.5, 0.6) is 0 Å². The van der Waals surface area contributed by atoms with Gasteiger partial charge in [-0.15, -0.1) is 0 Å². The zero-order valence-electron chi connectivity index (χ0n) is 12.2. The van der Waals surface area contributed by atoms with Crippen LogP contribution in [-0.4, -0.2) is 12.5 Å². The summed E-state index contributed by atoms with van der Waals surface area (Å²) < 4.78 is 0. The van der Waals surface area contributed by atoms with Crippen molar-refractivity contribution in [1.82, 2.24) is 0 Å². The molecule has 3 heteroatoms. The SMILES string of the molecule is CCN(C(=O)c1cccc(C)c1N)c1cccc(C)c1. The topological polar surface area (TPSA) is 46.3 Å². The zero-order valence-corrected chi connectivity index (χ0v) is 12.2. The van der Waals surface area contributed by atoms with Crippen LogP contribution in [0.3, 0.4) is 0 Å². The molecular formula is C17H20N2O. The Morgan fingerprint density at radius 1 is 1.15 bits per heavy atom. The average Bonchev–Trinajstić information content (AvgIpc) is 2.42. The Balaban J connectivity index is 2.42. The molecule has 2 rings (SSSR count). The van der Waals surface area contributed by atoms with Gasteiger partial charge in [0.1, 0.15) is 0 Å². The smallest absolute Gasteiger partial charge is 0.260 e. The highest BCUT2D eigenvalue weighted by Gasteiger charge is 2.18. The molecule has 0 aromatic heterocycles. The number of rotatable bonds is 3. The molecule has 0 unspecified atom stereocenters. The molecule has 2 N–H and O–H groups in total. The largest absolute Gasteiger partial charge is 0.398 e. The minimum absolute atomic E-state index is 0.0562. The van der Waals surface area contributed by atoms with Gasteiger partial charge in [-0.05, 0) is 50.1 Å². The lowest BCUT2D eigenvalue weighted by molar-refractivity contribution is 0.0989. The molecule has 0 spiro atoms. The van der Waals surface area contributed by atoms with Crippen molar-refractivity contribution in [2.24, 2.45) is 0 Å². The second-order valence-corrected chi connectivity index (χ2v) is 4.92. The fourth-order valence-electron chi connectivity index (χ4n) is 2.25. The molecule has 0 radical (unpaired) electrons. The number of hydrogen-bond acceptors (Lipinski definition) is 2. The molecule has 2 aromatic carbocycles. The van der Waals surface area contributed by atoms with E-state index in [1.807, 2.05) is 57.2 Å². The first-order chi connectivity index (χ1) is 9.54. The first-order valence-corrected chi connectivity index (χ1v) is 6.78. The highest BCUT2D eigenvalue weighted by atomic mass is 16.2. The van der Waals surface area contributed by atoms with Gasteiger partial charge >= 0.3 is 0 Å². The summed E-state index contributed by atoms with van der Waals surface area (Å²) in [5.41, 5.74) is 10.1. The molecule has 0 saturated carbocycles. The molecule has 1 amide bonds. The van der Waals surface area contributed by atoms with Crippen LogP contribution in [0.1, 0.15) is 28.4 Å². The van der Waals surface area contributed by atoms with Crippen LogP contribution in [0.4, 0.5) is 11.4 Å². The maximum Gasteiger partial charge on any atom is 0.260 e. The molecule has 3 nitrogen and oxygen atoms in total. The van der Waals surface area contributed by atoms with Crippen molar-refractivity contribution >= 4 is 17.3 Å².